The molecule has 0 saturated carbocycles. The molecule has 0 amide bonds. The van der Waals surface area contributed by atoms with Crippen LogP contribution in [0.4, 0.5) is 5.82 Å². The molecule has 0 spiro atoms. The highest BCUT2D eigenvalue weighted by atomic mass is 32.2. The molecule has 0 radical (unpaired) electrons. The van der Waals surface area contributed by atoms with E-state index in [0.717, 1.165) is 17.7 Å². The molecule has 2 aliphatic rings. The Morgan fingerprint density at radius 1 is 1.10 bits per heavy atom. The lowest BCUT2D eigenvalue weighted by Gasteiger charge is -2.44. The molecule has 11 nitrogen and oxygen atoms in total. The summed E-state index contributed by atoms with van der Waals surface area (Å²) in [5, 5.41) is 11.5. The Hall–Kier alpha value is -2.07. The number of benzene rings is 1. The third-order valence-corrected chi connectivity index (χ3v) is 16.2. The van der Waals surface area contributed by atoms with Gasteiger partial charge in [-0.15, -0.1) is 0 Å². The molecular formula is C28H42N6O5S2Si. The van der Waals surface area contributed by atoms with E-state index in [0.29, 0.717) is 44.9 Å². The monoisotopic (exact) mass is 634 g/mol. The van der Waals surface area contributed by atoms with E-state index < -0.39 is 37.1 Å². The summed E-state index contributed by atoms with van der Waals surface area (Å²) in [6.07, 6.45) is 3.53. The van der Waals surface area contributed by atoms with Crippen LogP contribution in [0.1, 0.15) is 71.7 Å². The van der Waals surface area contributed by atoms with Crippen LogP contribution in [0.2, 0.25) is 16.6 Å². The highest BCUT2D eigenvalue weighted by molar-refractivity contribution is 7.99. The van der Waals surface area contributed by atoms with Gasteiger partial charge in [-0.1, -0.05) is 59.4 Å². The first-order valence-electron chi connectivity index (χ1n) is 14.6. The van der Waals surface area contributed by atoms with Gasteiger partial charge in [-0.25, -0.2) is 19.8 Å². The molecule has 2 aromatic heterocycles. The number of nitrogens with zero attached hydrogens (tertiary/aromatic N) is 4. The number of rotatable bonds is 11. The Labute approximate surface area is 253 Å². The Bertz CT molecular complexity index is 1530. The van der Waals surface area contributed by atoms with Crippen molar-refractivity contribution in [3.63, 3.8) is 0 Å². The maximum absolute atomic E-state index is 11.7. The van der Waals surface area contributed by atoms with Gasteiger partial charge in [0.1, 0.15) is 23.3 Å². The number of nitrogens with two attached hydrogens (primary N) is 2. The molecule has 1 fully saturated rings. The van der Waals surface area contributed by atoms with Gasteiger partial charge in [-0.2, -0.15) is 13.5 Å². The summed E-state index contributed by atoms with van der Waals surface area (Å²) in [5.41, 5.74) is 10.7. The predicted octanol–water partition coefficient (Wildman–Crippen LogP) is 5.12. The minimum Gasteiger partial charge on any atom is -0.410 e. The van der Waals surface area contributed by atoms with Crippen molar-refractivity contribution >= 4 is 47.2 Å². The topological polar surface area (TPSA) is 157 Å². The van der Waals surface area contributed by atoms with Crippen LogP contribution in [-0.2, 0) is 36.5 Å². The van der Waals surface area contributed by atoms with E-state index in [1.54, 1.807) is 4.68 Å². The number of anilines is 1. The van der Waals surface area contributed by atoms with E-state index in [1.165, 1.54) is 35.6 Å². The Morgan fingerprint density at radius 2 is 1.79 bits per heavy atom. The van der Waals surface area contributed by atoms with E-state index in [1.807, 2.05) is 0 Å². The molecule has 4 N–H and O–H groups in total. The van der Waals surface area contributed by atoms with Crippen molar-refractivity contribution in [1.82, 2.24) is 19.7 Å². The summed E-state index contributed by atoms with van der Waals surface area (Å²) in [5.74, 6) is 0.334. The van der Waals surface area contributed by atoms with Gasteiger partial charge in [0.25, 0.3) is 0 Å². The van der Waals surface area contributed by atoms with Crippen LogP contribution in [0.5, 0.6) is 0 Å². The van der Waals surface area contributed by atoms with Gasteiger partial charge in [0.05, 0.1) is 18.1 Å². The Balaban J connectivity index is 1.50. The van der Waals surface area contributed by atoms with Crippen molar-refractivity contribution < 1.29 is 21.8 Å². The van der Waals surface area contributed by atoms with Gasteiger partial charge >= 0.3 is 10.3 Å². The zero-order valence-corrected chi connectivity index (χ0v) is 27.7. The standard InChI is InChI=1S/C28H42N6O5S2Si/c1-16(2)42(17(3)4,18(5)6)39-22-13-24(38-23(22)14-37-41(30,35)36)34-27-25(26(29)31-15-32-27)28(33-34)40-21-11-10-19-8-7-9-20(19)12-21/h10-12,15-18,22-24H,7-9,13-14H2,1-6H3,(H2,29,31,32)(H2,30,35,36)/t22-,23+,24+/m0/s1. The van der Waals surface area contributed by atoms with Crippen molar-refractivity contribution in [2.75, 3.05) is 12.3 Å². The maximum atomic E-state index is 11.7. The van der Waals surface area contributed by atoms with Gasteiger partial charge in [-0.05, 0) is 59.1 Å². The molecule has 14 heteroatoms. The lowest BCUT2D eigenvalue weighted by Crippen LogP contribution is -2.52. The van der Waals surface area contributed by atoms with Crippen molar-refractivity contribution in [3.8, 4) is 0 Å². The number of ether oxygens (including phenoxy) is 1. The van der Waals surface area contributed by atoms with Gasteiger partial charge < -0.3 is 14.9 Å². The molecule has 3 heterocycles. The Morgan fingerprint density at radius 3 is 2.45 bits per heavy atom. The van der Waals surface area contributed by atoms with Crippen molar-refractivity contribution in [1.29, 1.82) is 0 Å². The zero-order valence-electron chi connectivity index (χ0n) is 25.1. The van der Waals surface area contributed by atoms with E-state index in [2.05, 4.69) is 69.7 Å². The summed E-state index contributed by atoms with van der Waals surface area (Å²) >= 11 is 1.52. The maximum Gasteiger partial charge on any atom is 0.333 e. The largest absolute Gasteiger partial charge is 0.410 e. The van der Waals surface area contributed by atoms with Crippen molar-refractivity contribution in [2.45, 2.75) is 112 Å². The molecule has 230 valence electrons. The van der Waals surface area contributed by atoms with Crippen LogP contribution < -0.4 is 10.9 Å². The van der Waals surface area contributed by atoms with Crippen molar-refractivity contribution in [2.24, 2.45) is 5.14 Å². The van der Waals surface area contributed by atoms with Crippen LogP contribution in [0.25, 0.3) is 11.0 Å². The molecule has 0 unspecified atom stereocenters. The number of hydrogen-bond donors (Lipinski definition) is 2. The van der Waals surface area contributed by atoms with Gasteiger partial charge in [-0.3, -0.25) is 4.18 Å². The number of fused-ring (bicyclic) bond motifs is 2. The molecule has 42 heavy (non-hydrogen) atoms. The molecule has 3 aromatic rings. The van der Waals surface area contributed by atoms with E-state index in [9.17, 15) is 8.42 Å². The SMILES string of the molecule is CC(C)[Si](O[C@H]1C[C@H](n2nc(Sc3ccc4c(c3)CCC4)c3c(N)ncnc32)O[C@@H]1COS(N)(=O)=O)(C(C)C)C(C)C. The minimum atomic E-state index is -4.17. The van der Waals surface area contributed by atoms with Crippen LogP contribution in [0.3, 0.4) is 0 Å². The predicted molar refractivity (Wildman–Crippen MR) is 166 cm³/mol. The summed E-state index contributed by atoms with van der Waals surface area (Å²) in [7, 11) is -6.52. The van der Waals surface area contributed by atoms with Gasteiger partial charge in [0.15, 0.2) is 11.9 Å². The Kier molecular flexibility index (Phi) is 9.06. The molecule has 5 rings (SSSR count). The molecule has 1 saturated heterocycles. The normalized spacial score (nSPS) is 21.3. The summed E-state index contributed by atoms with van der Waals surface area (Å²) < 4.78 is 43.8. The second kappa shape index (κ2) is 12.1. The smallest absolute Gasteiger partial charge is 0.333 e. The number of aromatic nitrogens is 4. The summed E-state index contributed by atoms with van der Waals surface area (Å²) in [4.78, 5) is 9.85. The third kappa shape index (κ3) is 6.12. The molecule has 1 aliphatic carbocycles. The number of hydrogen-bond acceptors (Lipinski definition) is 10. The zero-order chi connectivity index (χ0) is 30.4. The highest BCUT2D eigenvalue weighted by Gasteiger charge is 2.50. The van der Waals surface area contributed by atoms with E-state index in [-0.39, 0.29) is 6.61 Å². The van der Waals surface area contributed by atoms with Gasteiger partial charge in [0, 0.05) is 11.3 Å². The van der Waals surface area contributed by atoms with E-state index >= 15 is 0 Å². The number of nitrogen functional groups attached to an aromatic ring is 1. The second-order valence-corrected chi connectivity index (χ2v) is 19.9. The highest BCUT2D eigenvalue weighted by Crippen LogP contribution is 2.46. The lowest BCUT2D eigenvalue weighted by molar-refractivity contribution is -0.0400. The van der Waals surface area contributed by atoms with E-state index in [4.69, 9.17) is 29.3 Å². The van der Waals surface area contributed by atoms with Crippen LogP contribution in [0, 0.1) is 0 Å². The fourth-order valence-corrected chi connectivity index (χ4v) is 13.8. The molecule has 3 atom stereocenters. The first-order valence-corrected chi connectivity index (χ1v) is 19.0. The fraction of sp³-hybridized carbons (Fsp3) is 0.607. The average molecular weight is 635 g/mol. The van der Waals surface area contributed by atoms with Crippen LogP contribution in [0.15, 0.2) is 34.4 Å². The molecule has 0 bridgehead atoms. The minimum absolute atomic E-state index is 0.258. The lowest BCUT2D eigenvalue weighted by atomic mass is 10.1. The molecule has 1 aliphatic heterocycles. The number of aryl methyl sites for hydroxylation is 2. The first kappa shape index (κ1) is 31.4. The fourth-order valence-electron chi connectivity index (χ4n) is 6.91. The van der Waals surface area contributed by atoms with Crippen LogP contribution in [-0.4, -0.2) is 55.3 Å². The summed E-state index contributed by atoms with van der Waals surface area (Å²) in [6, 6.07) is 6.53. The molecular weight excluding hydrogens is 593 g/mol. The first-order chi connectivity index (χ1) is 19.8. The average Bonchev–Trinajstić information content (AvgIpc) is 3.62. The second-order valence-electron chi connectivity index (χ2n) is 12.2. The summed E-state index contributed by atoms with van der Waals surface area (Å²) in [6.45, 7) is 13.0. The molecule has 1 aromatic carbocycles. The van der Waals surface area contributed by atoms with Crippen LogP contribution >= 0.6 is 11.8 Å². The third-order valence-electron chi connectivity index (χ3n) is 8.68. The quantitative estimate of drug-likeness (QED) is 0.271. The van der Waals surface area contributed by atoms with Crippen molar-refractivity contribution in [3.05, 3.63) is 35.7 Å². The van der Waals surface area contributed by atoms with Gasteiger partial charge in [0.2, 0.25) is 8.32 Å².